The summed E-state index contributed by atoms with van der Waals surface area (Å²) in [6, 6.07) is 61.9. The summed E-state index contributed by atoms with van der Waals surface area (Å²) in [4.78, 5) is 10.3. The molecular formula is C52H38N2S. The second-order valence-corrected chi connectivity index (χ2v) is 16.3. The van der Waals surface area contributed by atoms with Crippen LogP contribution in [0.2, 0.25) is 0 Å². The van der Waals surface area contributed by atoms with Crippen LogP contribution in [0, 0.1) is 0 Å². The van der Waals surface area contributed by atoms with Crippen molar-refractivity contribution in [3.63, 3.8) is 0 Å². The summed E-state index contributed by atoms with van der Waals surface area (Å²) in [7, 11) is 0. The van der Waals surface area contributed by atoms with Crippen LogP contribution in [0.3, 0.4) is 0 Å². The molecule has 1 spiro atoms. The van der Waals surface area contributed by atoms with Crippen molar-refractivity contribution in [1.29, 1.82) is 0 Å². The van der Waals surface area contributed by atoms with Gasteiger partial charge in [0.1, 0.15) is 0 Å². The smallest absolute Gasteiger partial charge is 0.160 e. The van der Waals surface area contributed by atoms with E-state index >= 15 is 0 Å². The summed E-state index contributed by atoms with van der Waals surface area (Å²) in [6.45, 7) is 0. The van der Waals surface area contributed by atoms with Crippen LogP contribution in [0.15, 0.2) is 170 Å². The van der Waals surface area contributed by atoms with Gasteiger partial charge in [-0.05, 0) is 93.7 Å². The monoisotopic (exact) mass is 722 g/mol. The largest absolute Gasteiger partial charge is 0.228 e. The second-order valence-electron chi connectivity index (χ2n) is 15.2. The third kappa shape index (κ3) is 5.45. The van der Waals surface area contributed by atoms with Gasteiger partial charge in [0.05, 0.1) is 11.4 Å². The van der Waals surface area contributed by atoms with E-state index in [2.05, 4.69) is 164 Å². The first kappa shape index (κ1) is 32.3. The lowest BCUT2D eigenvalue weighted by Crippen LogP contribution is -2.28. The zero-order valence-corrected chi connectivity index (χ0v) is 31.3. The Hall–Kier alpha value is -6.16. The predicted molar refractivity (Wildman–Crippen MR) is 231 cm³/mol. The van der Waals surface area contributed by atoms with Gasteiger partial charge in [0.15, 0.2) is 5.82 Å². The van der Waals surface area contributed by atoms with Crippen molar-refractivity contribution in [2.24, 2.45) is 0 Å². The van der Waals surface area contributed by atoms with E-state index in [1.165, 1.54) is 91.2 Å². The molecule has 1 fully saturated rings. The van der Waals surface area contributed by atoms with E-state index < -0.39 is 0 Å². The topological polar surface area (TPSA) is 25.8 Å². The SMILES string of the molecule is c1ccc(-c2ccc(-c3cc(-c4cccc(-c5ccc6c(c5)C5(CCCCC5)c5cc7c(cc5-6)sc5ccccc57)c4)nc(-c4ccccc4)n3)cc2)cc1. The quantitative estimate of drug-likeness (QED) is 0.177. The Labute approximate surface area is 325 Å². The van der Waals surface area contributed by atoms with E-state index in [1.807, 2.05) is 17.4 Å². The molecule has 9 aromatic rings. The van der Waals surface area contributed by atoms with Crippen LogP contribution in [0.4, 0.5) is 0 Å². The van der Waals surface area contributed by atoms with Crippen LogP contribution in [-0.4, -0.2) is 9.97 Å². The fraction of sp³-hybridized carbons (Fsp3) is 0.115. The van der Waals surface area contributed by atoms with Gasteiger partial charge in [0.25, 0.3) is 0 Å². The van der Waals surface area contributed by atoms with E-state index in [9.17, 15) is 0 Å². The maximum Gasteiger partial charge on any atom is 0.160 e. The molecule has 262 valence electrons. The molecule has 2 aliphatic rings. The Morgan fingerprint density at radius 2 is 0.982 bits per heavy atom. The van der Waals surface area contributed by atoms with Crippen molar-refractivity contribution in [1.82, 2.24) is 9.97 Å². The van der Waals surface area contributed by atoms with Gasteiger partial charge in [0, 0.05) is 42.3 Å². The molecule has 0 atom stereocenters. The molecule has 0 saturated heterocycles. The number of hydrogen-bond acceptors (Lipinski definition) is 3. The lowest BCUT2D eigenvalue weighted by molar-refractivity contribution is 0.353. The van der Waals surface area contributed by atoms with Gasteiger partial charge in [-0.15, -0.1) is 11.3 Å². The first-order valence-electron chi connectivity index (χ1n) is 19.5. The highest BCUT2D eigenvalue weighted by molar-refractivity contribution is 7.25. The van der Waals surface area contributed by atoms with Crippen LogP contribution in [0.5, 0.6) is 0 Å². The normalized spacial score (nSPS) is 14.3. The number of rotatable bonds is 5. The van der Waals surface area contributed by atoms with E-state index in [0.717, 1.165) is 33.9 Å². The van der Waals surface area contributed by atoms with Crippen molar-refractivity contribution < 1.29 is 0 Å². The molecule has 0 bridgehead atoms. The molecule has 0 amide bonds. The van der Waals surface area contributed by atoms with E-state index in [4.69, 9.17) is 9.97 Å². The second kappa shape index (κ2) is 13.0. The maximum absolute atomic E-state index is 5.19. The maximum atomic E-state index is 5.19. The van der Waals surface area contributed by atoms with Gasteiger partial charge in [-0.25, -0.2) is 9.97 Å². The minimum Gasteiger partial charge on any atom is -0.228 e. The molecule has 2 aromatic heterocycles. The fourth-order valence-corrected chi connectivity index (χ4v) is 10.5. The van der Waals surface area contributed by atoms with Crippen molar-refractivity contribution in [3.8, 4) is 67.3 Å². The number of fused-ring (bicyclic) bond motifs is 8. The van der Waals surface area contributed by atoms with Crippen LogP contribution in [-0.2, 0) is 5.41 Å². The third-order valence-corrected chi connectivity index (χ3v) is 13.2. The van der Waals surface area contributed by atoms with Gasteiger partial charge in [-0.2, -0.15) is 0 Å². The van der Waals surface area contributed by atoms with E-state index in [-0.39, 0.29) is 5.41 Å². The average Bonchev–Trinajstić information content (AvgIpc) is 3.75. The standard InChI is InChI=1S/C52H38N2S/c1-4-13-34(14-5-1)35-21-23-36(24-22-35)47-33-48(54-51(53-47)37-15-6-2-7-16-37)40-18-12-17-38(29-40)39-25-26-41-43-32-50-44(42-19-8-9-20-49(42)55-50)31-46(43)52(45(41)30-39)27-10-3-11-28-52/h1-2,4-9,12-26,29-33H,3,10-11,27-28H2. The van der Waals surface area contributed by atoms with Crippen LogP contribution in [0.25, 0.3) is 87.5 Å². The molecule has 1 saturated carbocycles. The molecule has 0 aliphatic heterocycles. The molecular weight excluding hydrogens is 685 g/mol. The zero-order valence-electron chi connectivity index (χ0n) is 30.5. The lowest BCUT2D eigenvalue weighted by atomic mass is 9.67. The molecule has 0 radical (unpaired) electrons. The minimum atomic E-state index is 0.0654. The fourth-order valence-electron chi connectivity index (χ4n) is 9.37. The third-order valence-electron chi connectivity index (χ3n) is 12.1. The van der Waals surface area contributed by atoms with Gasteiger partial charge in [0.2, 0.25) is 0 Å². The van der Waals surface area contributed by atoms with Gasteiger partial charge in [-0.1, -0.05) is 153 Å². The molecule has 55 heavy (non-hydrogen) atoms. The number of hydrogen-bond donors (Lipinski definition) is 0. The first-order chi connectivity index (χ1) is 27.2. The Kier molecular flexibility index (Phi) is 7.63. The van der Waals surface area contributed by atoms with Gasteiger partial charge in [-0.3, -0.25) is 0 Å². The van der Waals surface area contributed by atoms with E-state index in [0.29, 0.717) is 0 Å². The minimum absolute atomic E-state index is 0.0654. The Balaban J connectivity index is 1.01. The molecule has 7 aromatic carbocycles. The highest BCUT2D eigenvalue weighted by Crippen LogP contribution is 2.58. The Bertz CT molecular complexity index is 2880. The van der Waals surface area contributed by atoms with Crippen LogP contribution >= 0.6 is 11.3 Å². The highest BCUT2D eigenvalue weighted by Gasteiger charge is 2.44. The Morgan fingerprint density at radius 1 is 0.382 bits per heavy atom. The van der Waals surface area contributed by atoms with Crippen molar-refractivity contribution in [3.05, 3.63) is 181 Å². The van der Waals surface area contributed by atoms with Crippen molar-refractivity contribution in [2.45, 2.75) is 37.5 Å². The summed E-state index contributed by atoms with van der Waals surface area (Å²) in [5, 5.41) is 2.80. The van der Waals surface area contributed by atoms with Gasteiger partial charge < -0.3 is 0 Å². The van der Waals surface area contributed by atoms with Crippen LogP contribution < -0.4 is 0 Å². The summed E-state index contributed by atoms with van der Waals surface area (Å²) >= 11 is 1.93. The summed E-state index contributed by atoms with van der Waals surface area (Å²) in [6.07, 6.45) is 6.29. The molecule has 2 heterocycles. The summed E-state index contributed by atoms with van der Waals surface area (Å²) in [5.41, 5.74) is 15.8. The lowest BCUT2D eigenvalue weighted by Gasteiger charge is -2.36. The number of nitrogens with zero attached hydrogens (tertiary/aromatic N) is 2. The average molecular weight is 723 g/mol. The highest BCUT2D eigenvalue weighted by atomic mass is 32.1. The van der Waals surface area contributed by atoms with Gasteiger partial charge >= 0.3 is 0 Å². The molecule has 2 aliphatic carbocycles. The molecule has 0 N–H and O–H groups in total. The van der Waals surface area contributed by atoms with Crippen LogP contribution in [0.1, 0.15) is 43.2 Å². The summed E-state index contributed by atoms with van der Waals surface area (Å²) < 4.78 is 2.77. The van der Waals surface area contributed by atoms with E-state index in [1.54, 1.807) is 5.56 Å². The summed E-state index contributed by atoms with van der Waals surface area (Å²) in [5.74, 6) is 0.729. The molecule has 11 rings (SSSR count). The van der Waals surface area contributed by atoms with Crippen molar-refractivity contribution in [2.75, 3.05) is 0 Å². The number of benzene rings is 7. The molecule has 2 nitrogen and oxygen atoms in total. The number of thiophene rings is 1. The molecule has 0 unspecified atom stereocenters. The Morgan fingerprint density at radius 3 is 1.78 bits per heavy atom. The first-order valence-corrected chi connectivity index (χ1v) is 20.3. The van der Waals surface area contributed by atoms with Crippen molar-refractivity contribution >= 4 is 31.5 Å². The molecule has 3 heteroatoms. The zero-order chi connectivity index (χ0) is 36.3. The predicted octanol–water partition coefficient (Wildman–Crippen LogP) is 14.4. The number of aromatic nitrogens is 2.